The van der Waals surface area contributed by atoms with Crippen molar-refractivity contribution in [3.63, 3.8) is 0 Å². The number of thiophene rings is 1. The number of amidine groups is 1. The molecule has 0 aliphatic heterocycles. The van der Waals surface area contributed by atoms with E-state index < -0.39 is 5.41 Å². The molecule has 1 amide bonds. The molecular formula is C15H25N3O2S. The molecule has 0 fully saturated rings. The second kappa shape index (κ2) is 7.45. The molecule has 21 heavy (non-hydrogen) atoms. The van der Waals surface area contributed by atoms with E-state index in [9.17, 15) is 4.79 Å². The lowest BCUT2D eigenvalue weighted by Gasteiger charge is -2.30. The van der Waals surface area contributed by atoms with Crippen LogP contribution in [0.5, 0.6) is 0 Å². The Labute approximate surface area is 130 Å². The molecule has 1 heterocycles. The van der Waals surface area contributed by atoms with Crippen LogP contribution in [0, 0.1) is 12.3 Å². The third-order valence-electron chi connectivity index (χ3n) is 3.92. The van der Waals surface area contributed by atoms with Gasteiger partial charge in [0.25, 0.3) is 0 Å². The number of carbonyl (C=O) groups is 1. The van der Waals surface area contributed by atoms with E-state index >= 15 is 0 Å². The molecule has 4 N–H and O–H groups in total. The van der Waals surface area contributed by atoms with Crippen molar-refractivity contribution < 1.29 is 10.0 Å². The van der Waals surface area contributed by atoms with Gasteiger partial charge in [0.2, 0.25) is 5.91 Å². The highest BCUT2D eigenvalue weighted by Gasteiger charge is 2.40. The number of amides is 1. The van der Waals surface area contributed by atoms with Gasteiger partial charge in [-0.25, -0.2) is 0 Å². The summed E-state index contributed by atoms with van der Waals surface area (Å²) in [5.74, 6) is -0.201. The van der Waals surface area contributed by atoms with Crippen LogP contribution in [-0.4, -0.2) is 23.0 Å². The summed E-state index contributed by atoms with van der Waals surface area (Å²) in [6.07, 6.45) is 1.77. The van der Waals surface area contributed by atoms with Gasteiger partial charge in [-0.15, -0.1) is 11.3 Å². The van der Waals surface area contributed by atoms with Crippen molar-refractivity contribution in [1.29, 1.82) is 0 Å². The number of oxime groups is 1. The van der Waals surface area contributed by atoms with Gasteiger partial charge < -0.3 is 16.3 Å². The van der Waals surface area contributed by atoms with Crippen molar-refractivity contribution in [3.05, 3.63) is 21.9 Å². The Hall–Kier alpha value is -1.56. The topological polar surface area (TPSA) is 87.7 Å². The molecule has 1 unspecified atom stereocenters. The predicted octanol–water partition coefficient (Wildman–Crippen LogP) is 2.66. The highest BCUT2D eigenvalue weighted by Crippen LogP contribution is 2.27. The van der Waals surface area contributed by atoms with Crippen LogP contribution in [-0.2, 0) is 11.2 Å². The molecule has 0 bridgehead atoms. The molecular weight excluding hydrogens is 286 g/mol. The Morgan fingerprint density at radius 3 is 2.52 bits per heavy atom. The van der Waals surface area contributed by atoms with Gasteiger partial charge in [0.1, 0.15) is 5.41 Å². The number of hydrogen-bond acceptors (Lipinski definition) is 4. The van der Waals surface area contributed by atoms with Crippen LogP contribution in [0.1, 0.15) is 43.4 Å². The van der Waals surface area contributed by atoms with Crippen LogP contribution in [0.25, 0.3) is 0 Å². The highest BCUT2D eigenvalue weighted by molar-refractivity contribution is 7.11. The van der Waals surface area contributed by atoms with Crippen LogP contribution >= 0.6 is 11.3 Å². The van der Waals surface area contributed by atoms with Crippen molar-refractivity contribution in [3.8, 4) is 0 Å². The monoisotopic (exact) mass is 311 g/mol. The Balaban J connectivity index is 2.77. The number of carbonyl (C=O) groups excluding carboxylic acids is 1. The van der Waals surface area contributed by atoms with E-state index in [1.165, 1.54) is 9.75 Å². The number of aryl methyl sites for hydroxylation is 1. The first-order valence-electron chi connectivity index (χ1n) is 7.23. The molecule has 0 aromatic carbocycles. The molecule has 0 aliphatic carbocycles. The van der Waals surface area contributed by atoms with E-state index in [2.05, 4.69) is 29.5 Å². The molecule has 1 aromatic rings. The minimum atomic E-state index is -0.936. The maximum Gasteiger partial charge on any atom is 0.234 e. The lowest BCUT2D eigenvalue weighted by molar-refractivity contribution is -0.128. The molecule has 118 valence electrons. The fraction of sp³-hybridized carbons (Fsp3) is 0.600. The van der Waals surface area contributed by atoms with Crippen molar-refractivity contribution in [2.75, 3.05) is 0 Å². The van der Waals surface area contributed by atoms with Gasteiger partial charge in [-0.05, 0) is 38.8 Å². The minimum absolute atomic E-state index is 0.000446. The summed E-state index contributed by atoms with van der Waals surface area (Å²) < 4.78 is 0. The van der Waals surface area contributed by atoms with Crippen LogP contribution < -0.4 is 11.1 Å². The standard InChI is InChI=1S/C15H25N3O2S/c1-5-15(6-2,13(16)18-20)14(19)17-10(3)9-12-8-7-11(4)21-12/h7-8,10,20H,5-6,9H2,1-4H3,(H2,16,18)(H,17,19). The molecule has 0 saturated heterocycles. The van der Waals surface area contributed by atoms with E-state index in [1.807, 2.05) is 20.8 Å². The number of nitrogens with two attached hydrogens (primary N) is 1. The smallest absolute Gasteiger partial charge is 0.234 e. The fourth-order valence-corrected chi connectivity index (χ4v) is 3.47. The molecule has 5 nitrogen and oxygen atoms in total. The summed E-state index contributed by atoms with van der Waals surface area (Å²) in [6, 6.07) is 4.16. The second-order valence-corrected chi connectivity index (χ2v) is 6.74. The van der Waals surface area contributed by atoms with E-state index in [4.69, 9.17) is 10.9 Å². The summed E-state index contributed by atoms with van der Waals surface area (Å²) in [5.41, 5.74) is 4.81. The fourth-order valence-electron chi connectivity index (χ4n) is 2.45. The first-order valence-corrected chi connectivity index (χ1v) is 8.05. The Morgan fingerprint density at radius 2 is 2.10 bits per heavy atom. The van der Waals surface area contributed by atoms with E-state index in [0.29, 0.717) is 12.8 Å². The van der Waals surface area contributed by atoms with Crippen molar-refractivity contribution in [1.82, 2.24) is 5.32 Å². The minimum Gasteiger partial charge on any atom is -0.409 e. The maximum absolute atomic E-state index is 12.6. The van der Waals surface area contributed by atoms with Gasteiger partial charge in [-0.1, -0.05) is 19.0 Å². The molecule has 1 rings (SSSR count). The SMILES string of the molecule is CCC(CC)(C(=O)NC(C)Cc1ccc(C)s1)C(N)=NO. The average molecular weight is 311 g/mol. The number of nitrogens with zero attached hydrogens (tertiary/aromatic N) is 1. The zero-order chi connectivity index (χ0) is 16.0. The van der Waals surface area contributed by atoms with E-state index in [1.54, 1.807) is 11.3 Å². The van der Waals surface area contributed by atoms with Gasteiger partial charge in [0.05, 0.1) is 0 Å². The number of rotatable bonds is 7. The highest BCUT2D eigenvalue weighted by atomic mass is 32.1. The van der Waals surface area contributed by atoms with Gasteiger partial charge in [-0.2, -0.15) is 0 Å². The van der Waals surface area contributed by atoms with Gasteiger partial charge >= 0.3 is 0 Å². The molecule has 6 heteroatoms. The zero-order valence-corrected chi connectivity index (χ0v) is 14.0. The van der Waals surface area contributed by atoms with Gasteiger partial charge in [0, 0.05) is 22.2 Å². The van der Waals surface area contributed by atoms with Crippen LogP contribution in [0.2, 0.25) is 0 Å². The zero-order valence-electron chi connectivity index (χ0n) is 13.1. The van der Waals surface area contributed by atoms with Crippen LogP contribution in [0.15, 0.2) is 17.3 Å². The number of hydrogen-bond donors (Lipinski definition) is 3. The average Bonchev–Trinajstić information content (AvgIpc) is 2.85. The normalized spacial score (nSPS) is 14.0. The summed E-state index contributed by atoms with van der Waals surface area (Å²) in [5, 5.41) is 15.0. The summed E-state index contributed by atoms with van der Waals surface area (Å²) in [6.45, 7) is 7.77. The van der Waals surface area contributed by atoms with Crippen molar-refractivity contribution >= 4 is 23.1 Å². The van der Waals surface area contributed by atoms with E-state index in [-0.39, 0.29) is 17.8 Å². The third-order valence-corrected chi connectivity index (χ3v) is 4.94. The first-order chi connectivity index (χ1) is 9.89. The summed E-state index contributed by atoms with van der Waals surface area (Å²) in [7, 11) is 0. The molecule has 0 radical (unpaired) electrons. The molecule has 1 aromatic heterocycles. The van der Waals surface area contributed by atoms with Gasteiger partial charge in [0.15, 0.2) is 5.84 Å². The lowest BCUT2D eigenvalue weighted by atomic mass is 9.80. The first kappa shape index (κ1) is 17.5. The van der Waals surface area contributed by atoms with E-state index in [0.717, 1.165) is 6.42 Å². The quantitative estimate of drug-likeness (QED) is 0.313. The maximum atomic E-state index is 12.6. The largest absolute Gasteiger partial charge is 0.409 e. The second-order valence-electron chi connectivity index (χ2n) is 5.37. The van der Waals surface area contributed by atoms with Crippen molar-refractivity contribution in [2.24, 2.45) is 16.3 Å². The van der Waals surface area contributed by atoms with Gasteiger partial charge in [-0.3, -0.25) is 4.79 Å². The molecule has 0 spiro atoms. The van der Waals surface area contributed by atoms with Crippen LogP contribution in [0.3, 0.4) is 0 Å². The molecule has 1 atom stereocenters. The summed E-state index contributed by atoms with van der Waals surface area (Å²) in [4.78, 5) is 15.1. The predicted molar refractivity (Wildman–Crippen MR) is 86.8 cm³/mol. The molecule has 0 saturated carbocycles. The summed E-state index contributed by atoms with van der Waals surface area (Å²) >= 11 is 1.73. The Morgan fingerprint density at radius 1 is 1.48 bits per heavy atom. The number of nitrogens with one attached hydrogen (secondary N) is 1. The van der Waals surface area contributed by atoms with Crippen molar-refractivity contribution in [2.45, 2.75) is 53.0 Å². The Kier molecular flexibility index (Phi) is 6.20. The lowest BCUT2D eigenvalue weighted by Crippen LogP contribution is -2.51. The van der Waals surface area contributed by atoms with Crippen LogP contribution in [0.4, 0.5) is 0 Å². The third kappa shape index (κ3) is 3.97. The Bertz CT molecular complexity index is 507. The molecule has 0 aliphatic rings.